The second-order valence-electron chi connectivity index (χ2n) is 2.86. The van der Waals surface area contributed by atoms with Crippen molar-refractivity contribution in [3.05, 3.63) is 28.9 Å². The van der Waals surface area contributed by atoms with Gasteiger partial charge in [0.1, 0.15) is 5.82 Å². The van der Waals surface area contributed by atoms with Gasteiger partial charge >= 0.3 is 0 Å². The summed E-state index contributed by atoms with van der Waals surface area (Å²) >= 11 is 5.65. The van der Waals surface area contributed by atoms with Gasteiger partial charge in [-0.2, -0.15) is 5.26 Å². The fraction of sp³-hybridized carbons (Fsp3) is 0.100. The van der Waals surface area contributed by atoms with Crippen molar-refractivity contribution in [3.8, 4) is 6.07 Å². The minimum atomic E-state index is -0.266. The smallest absolute Gasteiger partial charge is 0.141 e. The van der Waals surface area contributed by atoms with Crippen LogP contribution >= 0.6 is 24.0 Å². The summed E-state index contributed by atoms with van der Waals surface area (Å²) in [6.45, 7) is 0. The molecule has 14 heavy (non-hydrogen) atoms. The molecule has 0 radical (unpaired) electrons. The van der Waals surface area contributed by atoms with Gasteiger partial charge in [-0.15, -0.1) is 24.0 Å². The molecule has 0 atom stereocenters. The molecule has 0 aliphatic heterocycles. The van der Waals surface area contributed by atoms with Crippen molar-refractivity contribution in [3.63, 3.8) is 0 Å². The number of halogens is 1. The van der Waals surface area contributed by atoms with Crippen LogP contribution in [0, 0.1) is 17.1 Å². The van der Waals surface area contributed by atoms with Crippen LogP contribution in [0.1, 0.15) is 5.56 Å². The Morgan fingerprint density at radius 2 is 2.36 bits per heavy atom. The average Bonchev–Trinajstić information content (AvgIpc) is 2.63. The highest BCUT2D eigenvalue weighted by atomic mass is 32.1. The third-order valence-corrected chi connectivity index (χ3v) is 3.46. The first-order valence-electron chi connectivity index (χ1n) is 3.98. The van der Waals surface area contributed by atoms with Gasteiger partial charge < -0.3 is 0 Å². The zero-order valence-electron chi connectivity index (χ0n) is 7.12. The van der Waals surface area contributed by atoms with Crippen molar-refractivity contribution in [1.29, 1.82) is 5.26 Å². The summed E-state index contributed by atoms with van der Waals surface area (Å²) in [7, 11) is 0. The molecule has 2 aromatic rings. The Labute approximate surface area is 90.2 Å². The largest absolute Gasteiger partial charge is 0.205 e. The maximum Gasteiger partial charge on any atom is 0.141 e. The first kappa shape index (κ1) is 9.50. The summed E-state index contributed by atoms with van der Waals surface area (Å²) in [4.78, 5) is 0.712. The summed E-state index contributed by atoms with van der Waals surface area (Å²) in [6, 6.07) is 5.22. The van der Waals surface area contributed by atoms with E-state index in [1.807, 2.05) is 17.5 Å². The van der Waals surface area contributed by atoms with Crippen molar-refractivity contribution in [1.82, 2.24) is 0 Å². The molecule has 0 N–H and O–H groups in total. The molecule has 1 aromatic heterocycles. The van der Waals surface area contributed by atoms with Crippen molar-refractivity contribution >= 4 is 34.1 Å². The van der Waals surface area contributed by atoms with Crippen molar-refractivity contribution < 1.29 is 4.39 Å². The molecule has 1 heterocycles. The number of hydrogen-bond donors (Lipinski definition) is 1. The number of thiol groups is 1. The van der Waals surface area contributed by atoms with E-state index in [1.165, 1.54) is 17.4 Å². The maximum atomic E-state index is 13.5. The topological polar surface area (TPSA) is 23.8 Å². The van der Waals surface area contributed by atoms with Gasteiger partial charge in [0.05, 0.1) is 17.2 Å². The fourth-order valence-corrected chi connectivity index (χ4v) is 2.57. The summed E-state index contributed by atoms with van der Waals surface area (Å²) in [5, 5.41) is 11.2. The summed E-state index contributed by atoms with van der Waals surface area (Å²) in [6.07, 6.45) is 0.196. The molecule has 0 unspecified atom stereocenters. The third-order valence-electron chi connectivity index (χ3n) is 2.01. The second-order valence-corrected chi connectivity index (χ2v) is 4.23. The first-order chi connectivity index (χ1) is 6.74. The lowest BCUT2D eigenvalue weighted by atomic mass is 10.1. The molecule has 0 saturated heterocycles. The minimum absolute atomic E-state index is 0.196. The molecule has 4 heteroatoms. The number of rotatable bonds is 1. The van der Waals surface area contributed by atoms with Crippen LogP contribution < -0.4 is 0 Å². The van der Waals surface area contributed by atoms with Crippen molar-refractivity contribution in [2.45, 2.75) is 11.3 Å². The molecule has 0 fully saturated rings. The van der Waals surface area contributed by atoms with E-state index < -0.39 is 0 Å². The number of benzene rings is 1. The molecule has 0 aliphatic carbocycles. The van der Waals surface area contributed by atoms with Gasteiger partial charge in [-0.25, -0.2) is 4.39 Å². The standard InChI is InChI=1S/C10H6FNS2/c11-8-5-6(1-3-12)9(13)7-2-4-14-10(7)8/h2,4-5,13H,1H2. The molecule has 0 aliphatic rings. The Hall–Kier alpha value is -1.05. The Bertz CT molecular complexity index is 525. The van der Waals surface area contributed by atoms with Crippen LogP contribution in [0.4, 0.5) is 4.39 Å². The summed E-state index contributed by atoms with van der Waals surface area (Å²) in [5.41, 5.74) is 0.652. The van der Waals surface area contributed by atoms with Gasteiger partial charge in [-0.05, 0) is 23.1 Å². The number of nitriles is 1. The highest BCUT2D eigenvalue weighted by Crippen LogP contribution is 2.32. The predicted octanol–water partition coefficient (Wildman–Crippen LogP) is 3.40. The van der Waals surface area contributed by atoms with E-state index in [1.54, 1.807) is 0 Å². The first-order valence-corrected chi connectivity index (χ1v) is 5.31. The highest BCUT2D eigenvalue weighted by Gasteiger charge is 2.10. The Kier molecular flexibility index (Phi) is 2.44. The molecule has 2 rings (SSSR count). The highest BCUT2D eigenvalue weighted by molar-refractivity contribution is 7.80. The average molecular weight is 223 g/mol. The molecule has 0 bridgehead atoms. The van der Waals surface area contributed by atoms with Gasteiger partial charge in [-0.3, -0.25) is 0 Å². The van der Waals surface area contributed by atoms with Gasteiger partial charge in [0, 0.05) is 10.3 Å². The van der Waals surface area contributed by atoms with E-state index >= 15 is 0 Å². The Morgan fingerprint density at radius 3 is 3.07 bits per heavy atom. The van der Waals surface area contributed by atoms with E-state index in [2.05, 4.69) is 12.6 Å². The molecular formula is C10H6FNS2. The zero-order valence-corrected chi connectivity index (χ0v) is 8.83. The summed E-state index contributed by atoms with van der Waals surface area (Å²) < 4.78 is 14.1. The lowest BCUT2D eigenvalue weighted by Gasteiger charge is -2.02. The number of nitrogens with zero attached hydrogens (tertiary/aromatic N) is 1. The molecule has 0 spiro atoms. The lowest BCUT2D eigenvalue weighted by Crippen LogP contribution is -1.87. The molecule has 0 saturated carbocycles. The predicted molar refractivity (Wildman–Crippen MR) is 58.4 cm³/mol. The monoisotopic (exact) mass is 223 g/mol. The van der Waals surface area contributed by atoms with E-state index in [0.29, 0.717) is 15.2 Å². The Morgan fingerprint density at radius 1 is 1.57 bits per heavy atom. The SMILES string of the molecule is N#CCc1cc(F)c2sccc2c1S. The van der Waals surface area contributed by atoms with Gasteiger partial charge in [-0.1, -0.05) is 0 Å². The van der Waals surface area contributed by atoms with Crippen LogP contribution in [0.25, 0.3) is 10.1 Å². The van der Waals surface area contributed by atoms with E-state index in [-0.39, 0.29) is 12.2 Å². The van der Waals surface area contributed by atoms with Crippen LogP contribution in [0.2, 0.25) is 0 Å². The maximum absolute atomic E-state index is 13.5. The number of thiophene rings is 1. The van der Waals surface area contributed by atoms with Gasteiger partial charge in [0.2, 0.25) is 0 Å². The van der Waals surface area contributed by atoms with Crippen LogP contribution in [0.5, 0.6) is 0 Å². The van der Waals surface area contributed by atoms with Crippen molar-refractivity contribution in [2.24, 2.45) is 0 Å². The van der Waals surface area contributed by atoms with E-state index in [0.717, 1.165) is 5.39 Å². The van der Waals surface area contributed by atoms with Crippen LogP contribution in [-0.4, -0.2) is 0 Å². The molecular weight excluding hydrogens is 217 g/mol. The zero-order chi connectivity index (χ0) is 10.1. The number of hydrogen-bond acceptors (Lipinski definition) is 3. The lowest BCUT2D eigenvalue weighted by molar-refractivity contribution is 0.639. The molecule has 1 aromatic carbocycles. The van der Waals surface area contributed by atoms with Gasteiger partial charge in [0.15, 0.2) is 0 Å². The van der Waals surface area contributed by atoms with Crippen LogP contribution in [0.3, 0.4) is 0 Å². The van der Waals surface area contributed by atoms with Crippen molar-refractivity contribution in [2.75, 3.05) is 0 Å². The second kappa shape index (κ2) is 3.60. The Balaban J connectivity index is 2.76. The summed E-state index contributed by atoms with van der Waals surface area (Å²) in [5.74, 6) is -0.266. The van der Waals surface area contributed by atoms with E-state index in [4.69, 9.17) is 5.26 Å². The van der Waals surface area contributed by atoms with E-state index in [9.17, 15) is 4.39 Å². The minimum Gasteiger partial charge on any atom is -0.205 e. The number of fused-ring (bicyclic) bond motifs is 1. The third kappa shape index (κ3) is 1.39. The quantitative estimate of drug-likeness (QED) is 0.736. The van der Waals surface area contributed by atoms with Crippen LogP contribution in [0.15, 0.2) is 22.4 Å². The van der Waals surface area contributed by atoms with Crippen LogP contribution in [-0.2, 0) is 6.42 Å². The fourth-order valence-electron chi connectivity index (χ4n) is 1.36. The normalized spacial score (nSPS) is 10.4. The van der Waals surface area contributed by atoms with Gasteiger partial charge in [0.25, 0.3) is 0 Å². The molecule has 70 valence electrons. The molecule has 1 nitrogen and oxygen atoms in total. The molecule has 0 amide bonds.